The largest absolute Gasteiger partial charge is 0.369 e. The number of nitrogens with one attached hydrogen (secondary N) is 6. The normalized spacial score (nSPS) is 21.8. The zero-order chi connectivity index (χ0) is 32.6. The van der Waals surface area contributed by atoms with Crippen LogP contribution in [0.3, 0.4) is 0 Å². The zero-order valence-electron chi connectivity index (χ0n) is 22.9. The molecule has 16 nitrogen and oxygen atoms in total. The highest BCUT2D eigenvalue weighted by molar-refractivity contribution is 9.13. The second-order valence-electron chi connectivity index (χ2n) is 10.1. The molecular weight excluding hydrogens is 874 g/mol. The number of nitrogens with zero attached hydrogens (tertiary/aromatic N) is 3. The number of H-pyrrole nitrogens is 4. The van der Waals surface area contributed by atoms with Crippen molar-refractivity contribution in [2.75, 3.05) is 31.1 Å². The van der Waals surface area contributed by atoms with E-state index in [9.17, 15) is 18.0 Å². The number of amidine groups is 1. The molecule has 0 saturated carbocycles. The maximum absolute atomic E-state index is 14.0. The number of aliphatic imine (C=N–C) groups is 2. The van der Waals surface area contributed by atoms with Gasteiger partial charge in [-0.05, 0) is 75.9 Å². The van der Waals surface area contributed by atoms with E-state index in [4.69, 9.17) is 16.0 Å². The first-order chi connectivity index (χ1) is 21.2. The first kappa shape index (κ1) is 33.4. The van der Waals surface area contributed by atoms with Crippen molar-refractivity contribution in [3.63, 3.8) is 0 Å². The Balaban J connectivity index is 1.53. The van der Waals surface area contributed by atoms with Gasteiger partial charge in [0.1, 0.15) is 17.1 Å². The molecule has 1 saturated heterocycles. The van der Waals surface area contributed by atoms with E-state index >= 15 is 0 Å². The highest BCUT2D eigenvalue weighted by atomic mass is 79.9. The lowest BCUT2D eigenvalue weighted by Crippen LogP contribution is -2.37. The average Bonchev–Trinajstić information content (AvgIpc) is 3.76. The van der Waals surface area contributed by atoms with Crippen LogP contribution in [0.25, 0.3) is 0 Å². The van der Waals surface area contributed by atoms with Crippen molar-refractivity contribution in [1.82, 2.24) is 30.5 Å². The molecule has 0 spiro atoms. The van der Waals surface area contributed by atoms with E-state index in [1.54, 1.807) is 29.3 Å². The lowest BCUT2D eigenvalue weighted by atomic mass is 9.88. The van der Waals surface area contributed by atoms with Crippen molar-refractivity contribution >= 4 is 103 Å². The van der Waals surface area contributed by atoms with Gasteiger partial charge in [-0.2, -0.15) is 13.4 Å². The van der Waals surface area contributed by atoms with E-state index in [0.29, 0.717) is 40.9 Å². The smallest absolute Gasteiger partial charge is 0.350 e. The number of aromatic amines is 4. The molecule has 11 N–H and O–H groups in total. The van der Waals surface area contributed by atoms with E-state index < -0.39 is 33.7 Å². The number of hydrogen-bond donors (Lipinski definition) is 8. The van der Waals surface area contributed by atoms with Gasteiger partial charge in [0, 0.05) is 24.9 Å². The second-order valence-corrected chi connectivity index (χ2v) is 15.0. The summed E-state index contributed by atoms with van der Waals surface area (Å²) < 4.78 is 34.1. The van der Waals surface area contributed by atoms with Gasteiger partial charge in [0.2, 0.25) is 0 Å². The molecule has 240 valence electrons. The van der Waals surface area contributed by atoms with Crippen molar-refractivity contribution in [3.05, 3.63) is 65.3 Å². The molecule has 0 aromatic carbocycles. The van der Waals surface area contributed by atoms with Crippen LogP contribution in [0.1, 0.15) is 32.7 Å². The molecule has 3 aromatic heterocycles. The number of carbonyl (C=O) groups excluding carboxylic acids is 2. The van der Waals surface area contributed by atoms with Crippen LogP contribution >= 0.6 is 63.7 Å². The molecule has 3 atom stereocenters. The van der Waals surface area contributed by atoms with Crippen LogP contribution < -0.4 is 27.1 Å². The minimum absolute atomic E-state index is 0.0370. The molecule has 0 radical (unpaired) electrons. The van der Waals surface area contributed by atoms with Crippen molar-refractivity contribution in [2.24, 2.45) is 27.6 Å². The topological polar surface area (TPSA) is 254 Å². The summed E-state index contributed by atoms with van der Waals surface area (Å²) in [6, 6.07) is 2.70. The van der Waals surface area contributed by atoms with E-state index in [1.165, 1.54) is 0 Å². The van der Waals surface area contributed by atoms with Gasteiger partial charge in [-0.1, -0.05) is 6.08 Å². The van der Waals surface area contributed by atoms with Crippen LogP contribution in [0.15, 0.2) is 58.2 Å². The van der Waals surface area contributed by atoms with Crippen molar-refractivity contribution in [3.8, 4) is 0 Å². The fourth-order valence-electron chi connectivity index (χ4n) is 5.15. The number of nitrogen functional groups attached to an aromatic ring is 1. The van der Waals surface area contributed by atoms with Crippen LogP contribution in [0, 0.1) is 11.8 Å². The SMILES string of the molecule is NC1=NC(=NCCS(=O)(=O)O)/C(=C/[C@@H]2CN(C(=O)c3cc(Br)c(Br)[nH]3)[C@@H](c3c[nH+]c(N)[nH]3)[C@@H]2CNC(=O)c2cc(Br)c(Br)[nH]2)N1. The maximum atomic E-state index is 14.0. The van der Waals surface area contributed by atoms with Crippen LogP contribution in [0.2, 0.25) is 0 Å². The summed E-state index contributed by atoms with van der Waals surface area (Å²) in [6.45, 7) is 0.0651. The number of rotatable bonds is 9. The van der Waals surface area contributed by atoms with Gasteiger partial charge in [0.15, 0.2) is 11.8 Å². The average molecular weight is 900 g/mol. The van der Waals surface area contributed by atoms with Gasteiger partial charge in [-0.15, -0.1) is 0 Å². The highest BCUT2D eigenvalue weighted by Gasteiger charge is 2.47. The molecule has 0 bridgehead atoms. The highest BCUT2D eigenvalue weighted by Crippen LogP contribution is 2.42. The molecule has 2 amide bonds. The van der Waals surface area contributed by atoms with Crippen LogP contribution in [-0.4, -0.2) is 81.8 Å². The third kappa shape index (κ3) is 7.71. The van der Waals surface area contributed by atoms with Gasteiger partial charge in [0.05, 0.1) is 48.4 Å². The Kier molecular flexibility index (Phi) is 9.94. The number of imidazole rings is 1. The summed E-state index contributed by atoms with van der Waals surface area (Å²) >= 11 is 13.5. The van der Waals surface area contributed by atoms with E-state index in [-0.39, 0.29) is 49.2 Å². The Labute approximate surface area is 289 Å². The van der Waals surface area contributed by atoms with Gasteiger partial charge in [-0.3, -0.25) is 24.9 Å². The molecule has 2 aliphatic rings. The number of halogens is 4. The third-order valence-corrected chi connectivity index (χ3v) is 11.3. The van der Waals surface area contributed by atoms with Crippen molar-refractivity contribution in [2.45, 2.75) is 6.04 Å². The molecule has 0 unspecified atom stereocenters. The van der Waals surface area contributed by atoms with E-state index in [2.05, 4.69) is 104 Å². The number of amides is 2. The minimum Gasteiger partial charge on any atom is -0.369 e. The Morgan fingerprint density at radius 3 is 2.38 bits per heavy atom. The predicted octanol–water partition coefficient (Wildman–Crippen LogP) is 2.06. The summed E-state index contributed by atoms with van der Waals surface area (Å²) in [5.41, 5.74) is 13.6. The number of guanidine groups is 1. The monoisotopic (exact) mass is 896 g/mol. The molecule has 0 aliphatic carbocycles. The molecular formula is C24H26Br4N11O5S+. The van der Waals surface area contributed by atoms with Crippen molar-refractivity contribution < 1.29 is 27.5 Å². The number of likely N-dealkylation sites (tertiary alicyclic amines) is 1. The summed E-state index contributed by atoms with van der Waals surface area (Å²) in [7, 11) is -4.24. The standard InChI is InChI=1S/C24H25Br4N11O5S/c25-11-4-14(34-18(11)27)21(40)32-6-10-9(3-13-20(38-24(30)36-13)31-1-2-45(42,43)44)8-39(17(10)16-7-33-23(29)37-16)22(41)15-5-12(26)19(28)35-15/h3-5,7,9-10,17,34-35H,1-2,6,8H2,(H,32,40)(H3,29,33,37)(H,42,43,44)(H3,30,31,36,38)/p+1/b13-3-/t9-,10-,17-/m1/s1. The number of anilines is 1. The molecule has 3 aromatic rings. The van der Waals surface area contributed by atoms with E-state index in [0.717, 1.165) is 0 Å². The number of nitrogens with two attached hydrogens (primary N) is 2. The second kappa shape index (κ2) is 13.4. The Bertz CT molecular complexity index is 1810. The lowest BCUT2D eigenvalue weighted by molar-refractivity contribution is -0.358. The van der Waals surface area contributed by atoms with Gasteiger partial charge in [0.25, 0.3) is 21.9 Å². The van der Waals surface area contributed by atoms with E-state index in [1.807, 2.05) is 0 Å². The fourth-order valence-corrected chi connectivity index (χ4v) is 6.79. The summed E-state index contributed by atoms with van der Waals surface area (Å²) in [5, 5.41) is 5.90. The van der Waals surface area contributed by atoms with Gasteiger partial charge < -0.3 is 31.2 Å². The maximum Gasteiger partial charge on any atom is 0.350 e. The molecule has 5 rings (SSSR count). The summed E-state index contributed by atoms with van der Waals surface area (Å²) in [5.74, 6) is -1.67. The third-order valence-electron chi connectivity index (χ3n) is 7.09. The Morgan fingerprint density at radius 2 is 1.80 bits per heavy atom. The number of carbonyl (C=O) groups is 2. The minimum atomic E-state index is -4.24. The fraction of sp³-hybridized carbons (Fsp3) is 0.292. The zero-order valence-corrected chi connectivity index (χ0v) is 30.0. The quantitative estimate of drug-likeness (QED) is 0.147. The Hall–Kier alpha value is -2.98. The molecule has 21 heteroatoms. The molecule has 1 fully saturated rings. The van der Waals surface area contributed by atoms with Gasteiger partial charge in [-0.25, -0.2) is 9.97 Å². The first-order valence-electron chi connectivity index (χ1n) is 13.1. The molecule has 2 aliphatic heterocycles. The van der Waals surface area contributed by atoms with Crippen molar-refractivity contribution in [1.29, 1.82) is 0 Å². The summed E-state index contributed by atoms with van der Waals surface area (Å²) in [4.78, 5) is 49.2. The van der Waals surface area contributed by atoms with Crippen LogP contribution in [0.4, 0.5) is 5.95 Å². The number of aromatic nitrogens is 4. The predicted molar refractivity (Wildman–Crippen MR) is 179 cm³/mol. The van der Waals surface area contributed by atoms with Crippen LogP contribution in [-0.2, 0) is 10.1 Å². The molecule has 5 heterocycles. The lowest BCUT2D eigenvalue weighted by Gasteiger charge is -2.26. The molecule has 45 heavy (non-hydrogen) atoms. The number of hydrogen-bond acceptors (Lipinski definition) is 8. The first-order valence-corrected chi connectivity index (χ1v) is 17.8. The van der Waals surface area contributed by atoms with Crippen LogP contribution in [0.5, 0.6) is 0 Å². The van der Waals surface area contributed by atoms with Gasteiger partial charge >= 0.3 is 5.95 Å². The Morgan fingerprint density at radius 1 is 1.13 bits per heavy atom. The summed E-state index contributed by atoms with van der Waals surface area (Å²) in [6.07, 6.45) is 3.46.